The summed E-state index contributed by atoms with van der Waals surface area (Å²) in [7, 11) is 0. The highest BCUT2D eigenvalue weighted by atomic mass is 16.5. The van der Waals surface area contributed by atoms with Gasteiger partial charge in [0.1, 0.15) is 11.7 Å². The van der Waals surface area contributed by atoms with E-state index in [1.54, 1.807) is 19.9 Å². The molecule has 0 spiro atoms. The molecule has 2 heterocycles. The molecule has 0 saturated carbocycles. The number of nitrogens with zero attached hydrogens (tertiary/aromatic N) is 2. The first-order valence-corrected chi connectivity index (χ1v) is 6.99. The first kappa shape index (κ1) is 14.1. The lowest BCUT2D eigenvalue weighted by Crippen LogP contribution is -2.17. The molecule has 1 aliphatic heterocycles. The number of aromatic nitrogens is 1. The number of aryl methyl sites for hydroxylation is 1. The van der Waals surface area contributed by atoms with E-state index in [4.69, 9.17) is 10.5 Å². The Morgan fingerprint density at radius 3 is 2.91 bits per heavy atom. The van der Waals surface area contributed by atoms with Crippen molar-refractivity contribution in [1.29, 1.82) is 0 Å². The molecule has 0 amide bonds. The summed E-state index contributed by atoms with van der Waals surface area (Å²) in [6.45, 7) is 3.83. The van der Waals surface area contributed by atoms with Gasteiger partial charge in [0.2, 0.25) is 0 Å². The molecule has 112 valence electrons. The van der Waals surface area contributed by atoms with Crippen LogP contribution in [0.2, 0.25) is 0 Å². The number of carbonyl (C=O) groups is 1. The average molecular weight is 296 g/mol. The van der Waals surface area contributed by atoms with Crippen LogP contribution in [0.25, 0.3) is 0 Å². The molecule has 1 aromatic carbocycles. The predicted octanol–water partition coefficient (Wildman–Crippen LogP) is 2.66. The van der Waals surface area contributed by atoms with E-state index < -0.39 is 5.97 Å². The highest BCUT2D eigenvalue weighted by Crippen LogP contribution is 2.32. The number of pyridine rings is 1. The molecule has 1 aromatic heterocycles. The van der Waals surface area contributed by atoms with Crippen molar-refractivity contribution in [1.82, 2.24) is 4.98 Å². The Morgan fingerprint density at radius 1 is 1.36 bits per heavy atom. The van der Waals surface area contributed by atoms with Gasteiger partial charge in [-0.1, -0.05) is 12.1 Å². The number of benzene rings is 1. The maximum atomic E-state index is 12.0. The molecule has 0 fully saturated rings. The number of esters is 1. The second-order valence-corrected chi connectivity index (χ2v) is 4.88. The minimum Gasteiger partial charge on any atom is -0.462 e. The number of nitrogens with one attached hydrogen (secondary N) is 1. The molecule has 1 aliphatic rings. The number of fused-ring (bicyclic) bond motifs is 2. The highest BCUT2D eigenvalue weighted by Gasteiger charge is 2.20. The lowest BCUT2D eigenvalue weighted by molar-refractivity contribution is 0.0525. The number of rotatable bonds is 2. The number of nitrogens with two attached hydrogens (primary N) is 1. The molecular formula is C16H16N4O2. The van der Waals surface area contributed by atoms with Gasteiger partial charge in [-0.15, -0.1) is 0 Å². The van der Waals surface area contributed by atoms with Crippen LogP contribution in [0.3, 0.4) is 0 Å². The zero-order valence-electron chi connectivity index (χ0n) is 12.4. The molecule has 3 rings (SSSR count). The van der Waals surface area contributed by atoms with E-state index in [2.05, 4.69) is 15.3 Å². The molecule has 0 aliphatic carbocycles. The molecule has 0 unspecified atom stereocenters. The van der Waals surface area contributed by atoms with E-state index in [1.807, 2.05) is 24.3 Å². The molecule has 6 heteroatoms. The van der Waals surface area contributed by atoms with Crippen molar-refractivity contribution in [2.45, 2.75) is 13.8 Å². The van der Waals surface area contributed by atoms with Gasteiger partial charge in [-0.3, -0.25) is 0 Å². The minimum absolute atomic E-state index is 0.308. The quantitative estimate of drug-likeness (QED) is 0.832. The van der Waals surface area contributed by atoms with Gasteiger partial charge in [0, 0.05) is 0 Å². The van der Waals surface area contributed by atoms with Gasteiger partial charge in [-0.05, 0) is 32.0 Å². The lowest BCUT2D eigenvalue weighted by atomic mass is 10.1. The second-order valence-electron chi connectivity index (χ2n) is 4.88. The SMILES string of the molecule is CCOC(=O)c1cc2c(nc1C)Nc1ccccc1N=C2N. The number of hydrogen-bond donors (Lipinski definition) is 2. The maximum Gasteiger partial charge on any atom is 0.339 e. The average Bonchev–Trinajstić information content (AvgIpc) is 2.62. The third-order valence-electron chi connectivity index (χ3n) is 3.38. The fraction of sp³-hybridized carbons (Fsp3) is 0.188. The van der Waals surface area contributed by atoms with Crippen LogP contribution in [0, 0.1) is 6.92 Å². The van der Waals surface area contributed by atoms with Crippen LogP contribution in [0.4, 0.5) is 17.2 Å². The standard InChI is InChI=1S/C16H16N4O2/c1-3-22-16(21)10-8-11-14(17)19-12-6-4-5-7-13(12)20-15(11)18-9(10)2/h4-8H,3H2,1-2H3,(H2,17,19)(H,18,20). The summed E-state index contributed by atoms with van der Waals surface area (Å²) in [5.74, 6) is 0.479. The Balaban J connectivity index is 2.14. The number of ether oxygens (including phenoxy) is 1. The van der Waals surface area contributed by atoms with E-state index in [-0.39, 0.29) is 0 Å². The van der Waals surface area contributed by atoms with E-state index >= 15 is 0 Å². The highest BCUT2D eigenvalue weighted by molar-refractivity contribution is 6.07. The number of hydrogen-bond acceptors (Lipinski definition) is 6. The van der Waals surface area contributed by atoms with Crippen molar-refractivity contribution in [2.75, 3.05) is 11.9 Å². The molecule has 0 radical (unpaired) electrons. The van der Waals surface area contributed by atoms with E-state index in [0.29, 0.717) is 35.1 Å². The van der Waals surface area contributed by atoms with Gasteiger partial charge in [-0.2, -0.15) is 0 Å². The van der Waals surface area contributed by atoms with Gasteiger partial charge in [0.05, 0.1) is 34.8 Å². The summed E-state index contributed by atoms with van der Waals surface area (Å²) in [6, 6.07) is 9.23. The Bertz CT molecular complexity index is 784. The third kappa shape index (κ3) is 2.39. The molecule has 0 atom stereocenters. The summed E-state index contributed by atoms with van der Waals surface area (Å²) < 4.78 is 5.05. The van der Waals surface area contributed by atoms with Crippen LogP contribution in [-0.4, -0.2) is 23.4 Å². The van der Waals surface area contributed by atoms with Gasteiger partial charge in [0.15, 0.2) is 0 Å². The van der Waals surface area contributed by atoms with E-state index in [0.717, 1.165) is 11.4 Å². The predicted molar refractivity (Wildman–Crippen MR) is 85.0 cm³/mol. The summed E-state index contributed by atoms with van der Waals surface area (Å²) in [5.41, 5.74) is 9.18. The van der Waals surface area contributed by atoms with Gasteiger partial charge in [0.25, 0.3) is 0 Å². The summed E-state index contributed by atoms with van der Waals surface area (Å²) >= 11 is 0. The first-order valence-electron chi connectivity index (χ1n) is 6.99. The smallest absolute Gasteiger partial charge is 0.339 e. The van der Waals surface area contributed by atoms with Crippen molar-refractivity contribution < 1.29 is 9.53 Å². The Morgan fingerprint density at radius 2 is 2.14 bits per heavy atom. The number of amidine groups is 1. The van der Waals surface area contributed by atoms with E-state index in [9.17, 15) is 4.79 Å². The van der Waals surface area contributed by atoms with Crippen LogP contribution < -0.4 is 11.1 Å². The monoisotopic (exact) mass is 296 g/mol. The van der Waals surface area contributed by atoms with Crippen molar-refractivity contribution in [3.8, 4) is 0 Å². The van der Waals surface area contributed by atoms with Crippen molar-refractivity contribution in [2.24, 2.45) is 10.7 Å². The summed E-state index contributed by atoms with van der Waals surface area (Å²) in [6.07, 6.45) is 0. The maximum absolute atomic E-state index is 12.0. The van der Waals surface area contributed by atoms with Crippen LogP contribution in [0.5, 0.6) is 0 Å². The van der Waals surface area contributed by atoms with Gasteiger partial charge < -0.3 is 15.8 Å². The normalized spacial score (nSPS) is 12.4. The molecule has 2 aromatic rings. The van der Waals surface area contributed by atoms with Crippen LogP contribution >= 0.6 is 0 Å². The second kappa shape index (κ2) is 5.48. The van der Waals surface area contributed by atoms with Gasteiger partial charge >= 0.3 is 5.97 Å². The Kier molecular flexibility index (Phi) is 3.50. The van der Waals surface area contributed by atoms with Crippen molar-refractivity contribution in [3.05, 3.63) is 47.2 Å². The lowest BCUT2D eigenvalue weighted by Gasteiger charge is -2.12. The summed E-state index contributed by atoms with van der Waals surface area (Å²) in [5, 5.41) is 3.21. The fourth-order valence-electron chi connectivity index (χ4n) is 2.31. The largest absolute Gasteiger partial charge is 0.462 e. The molecule has 0 saturated heterocycles. The van der Waals surface area contributed by atoms with Crippen LogP contribution in [0.1, 0.15) is 28.5 Å². The number of aliphatic imine (C=N–C) groups is 1. The first-order chi connectivity index (χ1) is 10.6. The van der Waals surface area contributed by atoms with Crippen LogP contribution in [0.15, 0.2) is 35.3 Å². The fourth-order valence-corrected chi connectivity index (χ4v) is 2.31. The van der Waals surface area contributed by atoms with Crippen molar-refractivity contribution >= 4 is 29.0 Å². The zero-order chi connectivity index (χ0) is 15.7. The Labute approximate surface area is 128 Å². The number of carbonyl (C=O) groups excluding carboxylic acids is 1. The summed E-state index contributed by atoms with van der Waals surface area (Å²) in [4.78, 5) is 20.8. The topological polar surface area (TPSA) is 89.6 Å². The van der Waals surface area contributed by atoms with Crippen LogP contribution in [-0.2, 0) is 4.74 Å². The number of anilines is 2. The molecule has 6 nitrogen and oxygen atoms in total. The third-order valence-corrected chi connectivity index (χ3v) is 3.38. The molecular weight excluding hydrogens is 280 g/mol. The van der Waals surface area contributed by atoms with E-state index in [1.165, 1.54) is 0 Å². The van der Waals surface area contributed by atoms with Crippen molar-refractivity contribution in [3.63, 3.8) is 0 Å². The van der Waals surface area contributed by atoms with Gasteiger partial charge in [-0.25, -0.2) is 14.8 Å². The number of para-hydroxylation sites is 2. The minimum atomic E-state index is -0.412. The molecule has 0 bridgehead atoms. The molecule has 3 N–H and O–H groups in total. The zero-order valence-corrected chi connectivity index (χ0v) is 12.4. The Hall–Kier alpha value is -2.89. The molecule has 22 heavy (non-hydrogen) atoms.